The molecular formula is C44H84N2O6P+. The third kappa shape index (κ3) is 38.5. The molecule has 3 unspecified atom stereocenters. The lowest BCUT2D eigenvalue weighted by Gasteiger charge is -2.25. The summed E-state index contributed by atoms with van der Waals surface area (Å²) in [5, 5.41) is 13.8. The molecule has 9 heteroatoms. The fraction of sp³-hybridized carbons (Fsp3) is 0.795. The molecule has 3 atom stereocenters. The SMILES string of the molecule is CCCCCCC/C=C/CC/C=C/CC/C=C/C(O)C(COP(=O)(O)OCC[N+](C)(C)C)NC(=O)CCCCCCC/C=C\CCCCCCCCC. The number of unbranched alkanes of at least 4 members (excludes halogenated alkanes) is 19. The van der Waals surface area contributed by atoms with E-state index in [2.05, 4.69) is 55.6 Å². The van der Waals surface area contributed by atoms with Crippen LogP contribution in [-0.4, -0.2) is 73.4 Å². The van der Waals surface area contributed by atoms with Crippen LogP contribution in [0.4, 0.5) is 0 Å². The summed E-state index contributed by atoms with van der Waals surface area (Å²) in [6.07, 6.45) is 44.6. The highest BCUT2D eigenvalue weighted by Crippen LogP contribution is 2.43. The summed E-state index contributed by atoms with van der Waals surface area (Å²) in [6.45, 7) is 4.74. The molecule has 0 heterocycles. The number of likely N-dealkylation sites (N-methyl/N-ethyl adjacent to an activating group) is 1. The van der Waals surface area contributed by atoms with Crippen LogP contribution in [0.5, 0.6) is 0 Å². The van der Waals surface area contributed by atoms with Crippen LogP contribution in [0.3, 0.4) is 0 Å². The maximum Gasteiger partial charge on any atom is 0.472 e. The minimum atomic E-state index is -4.35. The molecule has 0 saturated carbocycles. The molecule has 0 bridgehead atoms. The van der Waals surface area contributed by atoms with Crippen molar-refractivity contribution < 1.29 is 32.9 Å². The molecule has 0 aliphatic heterocycles. The number of aliphatic hydroxyl groups is 1. The van der Waals surface area contributed by atoms with E-state index in [0.29, 0.717) is 17.4 Å². The molecule has 0 aliphatic carbocycles. The molecule has 0 aromatic heterocycles. The van der Waals surface area contributed by atoms with Gasteiger partial charge in [-0.15, -0.1) is 0 Å². The first kappa shape index (κ1) is 51.5. The summed E-state index contributed by atoms with van der Waals surface area (Å²) in [4.78, 5) is 23.1. The monoisotopic (exact) mass is 768 g/mol. The second-order valence-electron chi connectivity index (χ2n) is 15.7. The van der Waals surface area contributed by atoms with E-state index in [9.17, 15) is 19.4 Å². The maximum absolute atomic E-state index is 12.8. The first-order valence-corrected chi connectivity index (χ1v) is 23.0. The number of aliphatic hydroxyl groups excluding tert-OH is 1. The van der Waals surface area contributed by atoms with Crippen molar-refractivity contribution >= 4 is 13.7 Å². The minimum Gasteiger partial charge on any atom is -0.387 e. The molecular weight excluding hydrogens is 683 g/mol. The molecule has 3 N–H and O–H groups in total. The molecule has 0 aromatic rings. The molecule has 0 radical (unpaired) electrons. The number of rotatable bonds is 38. The van der Waals surface area contributed by atoms with Gasteiger partial charge in [0, 0.05) is 6.42 Å². The number of phosphoric acid groups is 1. The van der Waals surface area contributed by atoms with E-state index >= 15 is 0 Å². The normalized spacial score (nSPS) is 14.9. The number of amides is 1. The van der Waals surface area contributed by atoms with Crippen LogP contribution in [0.1, 0.15) is 174 Å². The van der Waals surface area contributed by atoms with Crippen LogP contribution in [0, 0.1) is 0 Å². The number of carbonyl (C=O) groups is 1. The van der Waals surface area contributed by atoms with Crippen LogP contribution in [0.25, 0.3) is 0 Å². The van der Waals surface area contributed by atoms with Gasteiger partial charge in [0.25, 0.3) is 0 Å². The standard InChI is InChI=1S/C44H83N2O6P/c1-6-8-10-12-14-16-18-20-22-24-26-28-30-32-34-36-38-44(48)45-42(41-52-53(49,50)51-40-39-46(3,4)5)43(47)37-35-33-31-29-27-25-23-21-19-17-15-13-11-9-7-2/h19,21-22,24,27,29,35,37,42-43,47H,6-18,20,23,25-26,28,30-34,36,38-41H2,1-5H3,(H-,45,48,49,50)/p+1/b21-19+,24-22-,29-27+,37-35+. The predicted octanol–water partition coefficient (Wildman–Crippen LogP) is 11.7. The van der Waals surface area contributed by atoms with Crippen LogP contribution < -0.4 is 5.32 Å². The number of nitrogens with one attached hydrogen (secondary N) is 1. The Balaban J connectivity index is 4.55. The highest BCUT2D eigenvalue weighted by molar-refractivity contribution is 7.47. The Bertz CT molecular complexity index is 1010. The number of nitrogens with zero attached hydrogens (tertiary/aromatic N) is 1. The van der Waals surface area contributed by atoms with Gasteiger partial charge in [0.1, 0.15) is 13.2 Å². The molecule has 53 heavy (non-hydrogen) atoms. The van der Waals surface area contributed by atoms with Gasteiger partial charge in [-0.25, -0.2) is 4.57 Å². The van der Waals surface area contributed by atoms with Gasteiger partial charge in [-0.3, -0.25) is 13.8 Å². The number of hydrogen-bond acceptors (Lipinski definition) is 5. The summed E-state index contributed by atoms with van der Waals surface area (Å²) in [5.41, 5.74) is 0. The van der Waals surface area contributed by atoms with E-state index in [1.807, 2.05) is 27.2 Å². The molecule has 0 aliphatic rings. The highest BCUT2D eigenvalue weighted by Gasteiger charge is 2.27. The number of hydrogen-bond donors (Lipinski definition) is 3. The second-order valence-corrected chi connectivity index (χ2v) is 17.1. The Kier molecular flexibility index (Phi) is 35.1. The number of phosphoric ester groups is 1. The summed E-state index contributed by atoms with van der Waals surface area (Å²) in [7, 11) is 1.53. The number of quaternary nitrogens is 1. The van der Waals surface area contributed by atoms with E-state index in [0.717, 1.165) is 57.8 Å². The highest BCUT2D eigenvalue weighted by atomic mass is 31.2. The van der Waals surface area contributed by atoms with Crippen molar-refractivity contribution in [2.24, 2.45) is 0 Å². The molecule has 8 nitrogen and oxygen atoms in total. The van der Waals surface area contributed by atoms with Crippen LogP contribution in [0.15, 0.2) is 48.6 Å². The lowest BCUT2D eigenvalue weighted by molar-refractivity contribution is -0.870. The Morgan fingerprint density at radius 3 is 1.51 bits per heavy atom. The second kappa shape index (κ2) is 36.1. The zero-order chi connectivity index (χ0) is 39.3. The molecule has 0 spiro atoms. The van der Waals surface area contributed by atoms with Crippen LogP contribution in [0.2, 0.25) is 0 Å². The van der Waals surface area contributed by atoms with Crippen molar-refractivity contribution in [2.75, 3.05) is 40.9 Å². The van der Waals surface area contributed by atoms with Gasteiger partial charge >= 0.3 is 7.82 Å². The molecule has 0 rings (SSSR count). The average Bonchev–Trinajstić information content (AvgIpc) is 3.10. The van der Waals surface area contributed by atoms with Gasteiger partial charge in [-0.2, -0.15) is 0 Å². The van der Waals surface area contributed by atoms with Crippen molar-refractivity contribution in [3.63, 3.8) is 0 Å². The third-order valence-electron chi connectivity index (χ3n) is 9.25. The largest absolute Gasteiger partial charge is 0.472 e. The Morgan fingerprint density at radius 2 is 1.04 bits per heavy atom. The zero-order valence-electron chi connectivity index (χ0n) is 35.0. The average molecular weight is 768 g/mol. The fourth-order valence-corrected chi connectivity index (χ4v) is 6.51. The lowest BCUT2D eigenvalue weighted by Crippen LogP contribution is -2.45. The van der Waals surface area contributed by atoms with Gasteiger partial charge in [-0.1, -0.05) is 146 Å². The van der Waals surface area contributed by atoms with E-state index in [4.69, 9.17) is 9.05 Å². The predicted molar refractivity (Wildman–Crippen MR) is 226 cm³/mol. The summed E-state index contributed by atoms with van der Waals surface area (Å²) in [5.74, 6) is -0.202. The zero-order valence-corrected chi connectivity index (χ0v) is 35.9. The van der Waals surface area contributed by atoms with Gasteiger partial charge < -0.3 is 19.8 Å². The summed E-state index contributed by atoms with van der Waals surface area (Å²) < 4.78 is 23.5. The minimum absolute atomic E-state index is 0.0508. The van der Waals surface area contributed by atoms with Gasteiger partial charge in [0.2, 0.25) is 5.91 Å². The van der Waals surface area contributed by atoms with E-state index in [-0.39, 0.29) is 19.1 Å². The molecule has 0 aromatic carbocycles. The van der Waals surface area contributed by atoms with Gasteiger partial charge in [-0.05, 0) is 70.6 Å². The van der Waals surface area contributed by atoms with E-state index in [1.54, 1.807) is 6.08 Å². The Hall–Kier alpha value is -1.54. The molecule has 1 amide bonds. The maximum atomic E-state index is 12.8. The van der Waals surface area contributed by atoms with E-state index in [1.165, 1.54) is 96.3 Å². The third-order valence-corrected chi connectivity index (χ3v) is 10.2. The molecule has 0 fully saturated rings. The molecule has 310 valence electrons. The van der Waals surface area contributed by atoms with Crippen molar-refractivity contribution in [2.45, 2.75) is 187 Å². The van der Waals surface area contributed by atoms with Gasteiger partial charge in [0.15, 0.2) is 0 Å². The van der Waals surface area contributed by atoms with E-state index < -0.39 is 20.0 Å². The Morgan fingerprint density at radius 1 is 0.623 bits per heavy atom. The Labute approximate surface area is 327 Å². The summed E-state index contributed by atoms with van der Waals surface area (Å²) >= 11 is 0. The lowest BCUT2D eigenvalue weighted by atomic mass is 10.1. The first-order valence-electron chi connectivity index (χ1n) is 21.5. The summed E-state index contributed by atoms with van der Waals surface area (Å²) in [6, 6.07) is -0.872. The van der Waals surface area contributed by atoms with Crippen molar-refractivity contribution in [1.82, 2.24) is 5.32 Å². The fourth-order valence-electron chi connectivity index (χ4n) is 5.77. The van der Waals surface area contributed by atoms with Crippen LogP contribution >= 0.6 is 7.82 Å². The number of allylic oxidation sites excluding steroid dienone is 7. The topological polar surface area (TPSA) is 105 Å². The van der Waals surface area contributed by atoms with Crippen molar-refractivity contribution in [3.8, 4) is 0 Å². The van der Waals surface area contributed by atoms with Crippen molar-refractivity contribution in [1.29, 1.82) is 0 Å². The van der Waals surface area contributed by atoms with Crippen molar-refractivity contribution in [3.05, 3.63) is 48.6 Å². The van der Waals surface area contributed by atoms with Gasteiger partial charge in [0.05, 0.1) is 39.9 Å². The smallest absolute Gasteiger partial charge is 0.387 e. The first-order chi connectivity index (χ1) is 25.5. The quantitative estimate of drug-likeness (QED) is 0.0250. The van der Waals surface area contributed by atoms with Crippen LogP contribution in [-0.2, 0) is 18.4 Å². The number of carbonyl (C=O) groups excluding carboxylic acids is 1. The molecule has 0 saturated heterocycles.